The Hall–Kier alpha value is -2.63. The minimum atomic E-state index is -1.26. The molecule has 0 bridgehead atoms. The van der Waals surface area contributed by atoms with Gasteiger partial charge >= 0.3 is 11.9 Å². The quantitative estimate of drug-likeness (QED) is 0.397. The Morgan fingerprint density at radius 3 is 2.38 bits per heavy atom. The fourth-order valence-corrected chi connectivity index (χ4v) is 1.76. The smallest absolute Gasteiger partial charge is 0.350 e. The van der Waals surface area contributed by atoms with Crippen LogP contribution in [0.3, 0.4) is 0 Å². The molecule has 1 saturated heterocycles. The predicted molar refractivity (Wildman–Crippen MR) is 74.4 cm³/mol. The van der Waals surface area contributed by atoms with Crippen molar-refractivity contribution in [2.45, 2.75) is 26.6 Å². The lowest BCUT2D eigenvalue weighted by molar-refractivity contribution is -0.222. The molecule has 1 aromatic carbocycles. The molecule has 0 amide bonds. The monoisotopic (exact) mass is 289 g/mol. The van der Waals surface area contributed by atoms with E-state index in [-0.39, 0.29) is 11.4 Å². The molecule has 1 aliphatic heterocycles. The van der Waals surface area contributed by atoms with E-state index in [1.54, 1.807) is 24.3 Å². The van der Waals surface area contributed by atoms with Crippen LogP contribution >= 0.6 is 0 Å². The maximum atomic E-state index is 11.7. The van der Waals surface area contributed by atoms with E-state index in [0.717, 1.165) is 0 Å². The van der Waals surface area contributed by atoms with Crippen molar-refractivity contribution in [1.82, 2.24) is 0 Å². The average molecular weight is 289 g/mol. The number of benzene rings is 1. The molecular formula is C15H15NO5. The summed E-state index contributed by atoms with van der Waals surface area (Å²) in [5.74, 6) is -2.86. The number of ketones is 1. The lowest BCUT2D eigenvalue weighted by Gasteiger charge is -2.29. The van der Waals surface area contributed by atoms with Gasteiger partial charge in [-0.15, -0.1) is 0 Å². The summed E-state index contributed by atoms with van der Waals surface area (Å²) < 4.78 is 9.93. The second-order valence-electron chi connectivity index (χ2n) is 5.02. The molecule has 0 unspecified atom stereocenters. The van der Waals surface area contributed by atoms with Crippen LogP contribution in [0.2, 0.25) is 0 Å². The van der Waals surface area contributed by atoms with E-state index in [4.69, 9.17) is 9.47 Å². The van der Waals surface area contributed by atoms with Gasteiger partial charge in [-0.1, -0.05) is 12.1 Å². The Morgan fingerprint density at radius 2 is 1.81 bits per heavy atom. The largest absolute Gasteiger partial charge is 0.419 e. The Balaban J connectivity index is 2.18. The molecule has 0 radical (unpaired) electrons. The van der Waals surface area contributed by atoms with Gasteiger partial charge in [-0.05, 0) is 19.1 Å². The maximum absolute atomic E-state index is 11.7. The fraction of sp³-hybridized carbons (Fsp3) is 0.267. The third-order valence-corrected chi connectivity index (χ3v) is 2.77. The van der Waals surface area contributed by atoms with Crippen LogP contribution in [0.1, 0.15) is 31.1 Å². The van der Waals surface area contributed by atoms with Gasteiger partial charge in [0.05, 0.1) is 0 Å². The molecule has 0 aromatic heterocycles. The highest BCUT2D eigenvalue weighted by Gasteiger charge is 2.38. The SMILES string of the molecule is CC(=O)c1cccc(NC=C2C(=O)OC(C)(C)OC2=O)c1. The Morgan fingerprint density at radius 1 is 1.19 bits per heavy atom. The van der Waals surface area contributed by atoms with Crippen LogP contribution in [-0.2, 0) is 19.1 Å². The zero-order chi connectivity index (χ0) is 15.6. The second kappa shape index (κ2) is 5.40. The third-order valence-electron chi connectivity index (χ3n) is 2.77. The fourth-order valence-electron chi connectivity index (χ4n) is 1.76. The number of anilines is 1. The Labute approximate surface area is 121 Å². The number of esters is 2. The predicted octanol–water partition coefficient (Wildman–Crippen LogP) is 2.02. The molecule has 0 atom stereocenters. The summed E-state index contributed by atoms with van der Waals surface area (Å²) in [5.41, 5.74) is 0.858. The van der Waals surface area contributed by atoms with Crippen LogP contribution in [0.4, 0.5) is 5.69 Å². The van der Waals surface area contributed by atoms with Crippen molar-refractivity contribution in [2.75, 3.05) is 5.32 Å². The summed E-state index contributed by atoms with van der Waals surface area (Å²) >= 11 is 0. The standard InChI is InChI=1S/C15H15NO5/c1-9(17)10-5-4-6-11(7-10)16-8-12-13(18)20-15(2,3)21-14(12)19/h4-8,16H,1-3H3. The number of ether oxygens (including phenoxy) is 2. The molecule has 110 valence electrons. The number of rotatable bonds is 3. The van der Waals surface area contributed by atoms with Crippen LogP contribution in [0, 0.1) is 0 Å². The van der Waals surface area contributed by atoms with Gasteiger partial charge in [0.1, 0.15) is 0 Å². The van der Waals surface area contributed by atoms with Crippen LogP contribution in [0.5, 0.6) is 0 Å². The average Bonchev–Trinajstić information content (AvgIpc) is 2.36. The highest BCUT2D eigenvalue weighted by atomic mass is 16.7. The van der Waals surface area contributed by atoms with Gasteiger partial charge in [-0.2, -0.15) is 0 Å². The van der Waals surface area contributed by atoms with Crippen molar-refractivity contribution in [2.24, 2.45) is 0 Å². The normalized spacial score (nSPS) is 16.8. The number of cyclic esters (lactones) is 2. The summed E-state index contributed by atoms with van der Waals surface area (Å²) in [4.78, 5) is 34.8. The van der Waals surface area contributed by atoms with Gasteiger partial charge in [0.2, 0.25) is 0 Å². The van der Waals surface area contributed by atoms with Crippen molar-refractivity contribution in [3.8, 4) is 0 Å². The minimum absolute atomic E-state index is 0.0791. The van der Waals surface area contributed by atoms with E-state index in [1.165, 1.54) is 27.0 Å². The first kappa shape index (κ1) is 14.8. The summed E-state index contributed by atoms with van der Waals surface area (Å²) in [6.07, 6.45) is 1.21. The molecule has 6 heteroatoms. The minimum Gasteiger partial charge on any atom is -0.419 e. The Kier molecular flexibility index (Phi) is 3.80. The summed E-state index contributed by atoms with van der Waals surface area (Å²) in [6.45, 7) is 4.40. The highest BCUT2D eigenvalue weighted by molar-refractivity contribution is 6.15. The molecule has 0 saturated carbocycles. The third kappa shape index (κ3) is 3.47. The molecule has 0 aliphatic carbocycles. The maximum Gasteiger partial charge on any atom is 0.350 e. The number of Topliss-reactive ketones (excluding diaryl/α,β-unsaturated/α-hetero) is 1. The highest BCUT2D eigenvalue weighted by Crippen LogP contribution is 2.22. The van der Waals surface area contributed by atoms with Crippen molar-refractivity contribution < 1.29 is 23.9 Å². The van der Waals surface area contributed by atoms with Crippen molar-refractivity contribution in [1.29, 1.82) is 0 Å². The van der Waals surface area contributed by atoms with Crippen LogP contribution in [-0.4, -0.2) is 23.5 Å². The van der Waals surface area contributed by atoms with Gasteiger partial charge in [0.25, 0.3) is 5.79 Å². The van der Waals surface area contributed by atoms with Crippen LogP contribution in [0.15, 0.2) is 36.0 Å². The molecule has 1 heterocycles. The van der Waals surface area contributed by atoms with Crippen molar-refractivity contribution >= 4 is 23.4 Å². The number of carbonyl (C=O) groups is 3. The van der Waals surface area contributed by atoms with Crippen LogP contribution in [0.25, 0.3) is 0 Å². The molecule has 1 N–H and O–H groups in total. The van der Waals surface area contributed by atoms with Gasteiger partial charge in [0, 0.05) is 31.3 Å². The topological polar surface area (TPSA) is 81.7 Å². The van der Waals surface area contributed by atoms with Gasteiger partial charge in [-0.25, -0.2) is 9.59 Å². The Bertz CT molecular complexity index is 623. The molecule has 21 heavy (non-hydrogen) atoms. The molecule has 1 fully saturated rings. The summed E-state index contributed by atoms with van der Waals surface area (Å²) in [7, 11) is 0. The number of nitrogens with one attached hydrogen (secondary N) is 1. The molecule has 6 nitrogen and oxygen atoms in total. The second-order valence-corrected chi connectivity index (χ2v) is 5.02. The van der Waals surface area contributed by atoms with E-state index in [9.17, 15) is 14.4 Å². The first-order valence-corrected chi connectivity index (χ1v) is 6.33. The lowest BCUT2D eigenvalue weighted by atomic mass is 10.1. The van der Waals surface area contributed by atoms with E-state index < -0.39 is 17.7 Å². The molecule has 2 rings (SSSR count). The first-order valence-electron chi connectivity index (χ1n) is 6.33. The number of hydrogen-bond donors (Lipinski definition) is 1. The van der Waals surface area contributed by atoms with Gasteiger partial charge in [0.15, 0.2) is 11.4 Å². The van der Waals surface area contributed by atoms with E-state index in [1.807, 2.05) is 0 Å². The molecular weight excluding hydrogens is 274 g/mol. The zero-order valence-corrected chi connectivity index (χ0v) is 11.9. The number of carbonyl (C=O) groups excluding carboxylic acids is 3. The van der Waals surface area contributed by atoms with E-state index >= 15 is 0 Å². The summed E-state index contributed by atoms with van der Waals surface area (Å²) in [5, 5.41) is 2.78. The van der Waals surface area contributed by atoms with E-state index in [0.29, 0.717) is 11.3 Å². The van der Waals surface area contributed by atoms with E-state index in [2.05, 4.69) is 5.32 Å². The van der Waals surface area contributed by atoms with Gasteiger partial charge in [-0.3, -0.25) is 4.79 Å². The van der Waals surface area contributed by atoms with Crippen molar-refractivity contribution in [3.63, 3.8) is 0 Å². The first-order chi connectivity index (χ1) is 9.78. The number of hydrogen-bond acceptors (Lipinski definition) is 6. The molecule has 1 aromatic rings. The lowest BCUT2D eigenvalue weighted by Crippen LogP contribution is -2.42. The molecule has 0 spiro atoms. The zero-order valence-electron chi connectivity index (χ0n) is 11.9. The molecule has 1 aliphatic rings. The van der Waals surface area contributed by atoms with Crippen LogP contribution < -0.4 is 5.32 Å². The van der Waals surface area contributed by atoms with Crippen molar-refractivity contribution in [3.05, 3.63) is 41.6 Å². The summed E-state index contributed by atoms with van der Waals surface area (Å²) in [6, 6.07) is 6.68. The van der Waals surface area contributed by atoms with Gasteiger partial charge < -0.3 is 14.8 Å².